The average Bonchev–Trinajstić information content (AvgIpc) is 3.00. The topological polar surface area (TPSA) is 113 Å². The van der Waals surface area contributed by atoms with Crippen LogP contribution in [0.25, 0.3) is 0 Å². The van der Waals surface area contributed by atoms with E-state index in [4.69, 9.17) is 15.5 Å². The van der Waals surface area contributed by atoms with Crippen LogP contribution in [0.2, 0.25) is 0 Å². The zero-order valence-electron chi connectivity index (χ0n) is 17.4. The lowest BCUT2D eigenvalue weighted by molar-refractivity contribution is -0.101. The van der Waals surface area contributed by atoms with Crippen molar-refractivity contribution in [1.29, 1.82) is 0 Å². The Kier molecular flexibility index (Phi) is 4.81. The van der Waals surface area contributed by atoms with Crippen LogP contribution in [0.4, 0.5) is 15.9 Å². The van der Waals surface area contributed by atoms with Gasteiger partial charge in [0.1, 0.15) is 33.3 Å². The maximum absolute atomic E-state index is 14.3. The van der Waals surface area contributed by atoms with E-state index < -0.39 is 32.3 Å². The van der Waals surface area contributed by atoms with E-state index in [1.807, 2.05) is 27.7 Å². The predicted molar refractivity (Wildman–Crippen MR) is 113 cm³/mol. The lowest BCUT2D eigenvalue weighted by Gasteiger charge is -2.46. The second-order valence-corrected chi connectivity index (χ2v) is 10.0. The number of aromatic nitrogens is 1. The molecule has 2 atom stereocenters. The van der Waals surface area contributed by atoms with Crippen molar-refractivity contribution in [2.45, 2.75) is 55.3 Å². The Morgan fingerprint density at radius 3 is 2.70 bits per heavy atom. The molecule has 162 valence electrons. The first kappa shape index (κ1) is 20.7. The quantitative estimate of drug-likeness (QED) is 0.668. The normalized spacial score (nSPS) is 23.5. The van der Waals surface area contributed by atoms with Gasteiger partial charge in [0.15, 0.2) is 5.84 Å². The van der Waals surface area contributed by atoms with Crippen LogP contribution in [0.15, 0.2) is 39.0 Å². The van der Waals surface area contributed by atoms with E-state index in [0.29, 0.717) is 30.4 Å². The molecule has 4 N–H and O–H groups in total. The Morgan fingerprint density at radius 1 is 1.30 bits per heavy atom. The number of hydrogen-bond donors (Lipinski definition) is 3. The van der Waals surface area contributed by atoms with Crippen molar-refractivity contribution in [3.8, 4) is 0 Å². The lowest BCUT2D eigenvalue weighted by Crippen LogP contribution is -2.58. The SMILES string of the molecule is CC1N=C(N2CCOC(C)(C)C2C)c2[nH]c(N)c(S(=O)(=O)c3ccccc3F)c2N1. The van der Waals surface area contributed by atoms with Crippen molar-refractivity contribution in [2.75, 3.05) is 24.2 Å². The number of nitrogens with two attached hydrogens (primary N) is 1. The van der Waals surface area contributed by atoms with Gasteiger partial charge in [0, 0.05) is 6.54 Å². The van der Waals surface area contributed by atoms with E-state index in [-0.39, 0.29) is 16.8 Å². The van der Waals surface area contributed by atoms with E-state index in [1.165, 1.54) is 18.2 Å². The van der Waals surface area contributed by atoms with E-state index >= 15 is 0 Å². The highest BCUT2D eigenvalue weighted by Gasteiger charge is 2.41. The minimum atomic E-state index is -4.20. The van der Waals surface area contributed by atoms with E-state index in [9.17, 15) is 12.8 Å². The molecule has 10 heteroatoms. The first-order valence-corrected chi connectivity index (χ1v) is 11.3. The number of benzene rings is 1. The highest BCUT2D eigenvalue weighted by Crippen LogP contribution is 2.40. The number of aliphatic imine (C=N–C) groups is 1. The van der Waals surface area contributed by atoms with Gasteiger partial charge in [0.25, 0.3) is 0 Å². The first-order chi connectivity index (χ1) is 14.0. The molecule has 0 spiro atoms. The number of aromatic amines is 1. The molecule has 0 amide bonds. The zero-order valence-corrected chi connectivity index (χ0v) is 18.2. The summed E-state index contributed by atoms with van der Waals surface area (Å²) in [6.07, 6.45) is -0.393. The molecule has 30 heavy (non-hydrogen) atoms. The molecule has 2 aliphatic heterocycles. The standard InChI is InChI=1S/C20H26FN5O3S/c1-11-20(3,4)29-10-9-26(11)19-16-15(23-12(2)24-19)17(18(22)25-16)30(27,28)14-8-6-5-7-13(14)21/h5-8,11-12,23,25H,9-10,22H2,1-4H3. The van der Waals surface area contributed by atoms with Crippen LogP contribution in [0.5, 0.6) is 0 Å². The molecular formula is C20H26FN5O3S. The third-order valence-electron chi connectivity index (χ3n) is 5.82. The molecule has 0 aliphatic carbocycles. The predicted octanol–water partition coefficient (Wildman–Crippen LogP) is 2.59. The van der Waals surface area contributed by atoms with Crippen molar-refractivity contribution in [3.63, 3.8) is 0 Å². The van der Waals surface area contributed by atoms with Crippen LogP contribution in [0.3, 0.4) is 0 Å². The number of rotatable bonds is 2. The number of morpholine rings is 1. The smallest absolute Gasteiger partial charge is 0.215 e. The van der Waals surface area contributed by atoms with Gasteiger partial charge < -0.3 is 25.7 Å². The summed E-state index contributed by atoms with van der Waals surface area (Å²) < 4.78 is 46.8. The Labute approximate surface area is 175 Å². The maximum Gasteiger partial charge on any atom is 0.215 e. The van der Waals surface area contributed by atoms with Gasteiger partial charge >= 0.3 is 0 Å². The molecule has 1 fully saturated rings. The van der Waals surface area contributed by atoms with Crippen LogP contribution in [-0.2, 0) is 14.6 Å². The molecule has 1 aromatic carbocycles. The molecule has 1 saturated heterocycles. The number of hydrogen-bond acceptors (Lipinski definition) is 7. The Hall–Kier alpha value is -2.59. The van der Waals surface area contributed by atoms with Crippen molar-refractivity contribution in [2.24, 2.45) is 4.99 Å². The molecule has 0 radical (unpaired) electrons. The summed E-state index contributed by atoms with van der Waals surface area (Å²) in [6, 6.07) is 5.25. The van der Waals surface area contributed by atoms with Crippen LogP contribution in [0.1, 0.15) is 33.4 Å². The van der Waals surface area contributed by atoms with Crippen LogP contribution >= 0.6 is 0 Å². The Morgan fingerprint density at radius 2 is 2.00 bits per heavy atom. The number of nitrogen functional groups attached to an aromatic ring is 1. The number of nitrogens with zero attached hydrogens (tertiary/aromatic N) is 2. The Bertz CT molecular complexity index is 1130. The maximum atomic E-state index is 14.3. The van der Waals surface area contributed by atoms with Gasteiger partial charge in [-0.05, 0) is 39.8 Å². The molecule has 4 rings (SSSR count). The molecule has 1 aromatic heterocycles. The number of anilines is 2. The Balaban J connectivity index is 1.86. The number of ether oxygens (including phenoxy) is 1. The second kappa shape index (κ2) is 6.98. The fourth-order valence-electron chi connectivity index (χ4n) is 3.95. The number of fused-ring (bicyclic) bond motifs is 1. The number of H-pyrrole nitrogens is 1. The highest BCUT2D eigenvalue weighted by atomic mass is 32.2. The molecule has 0 saturated carbocycles. The fraction of sp³-hybridized carbons (Fsp3) is 0.450. The summed E-state index contributed by atoms with van der Waals surface area (Å²) in [5.74, 6) is -0.271. The van der Waals surface area contributed by atoms with Gasteiger partial charge in [-0.25, -0.2) is 17.8 Å². The van der Waals surface area contributed by atoms with Crippen LogP contribution < -0.4 is 11.1 Å². The summed E-state index contributed by atoms with van der Waals surface area (Å²) in [7, 11) is -4.20. The molecule has 2 unspecified atom stereocenters. The minimum absolute atomic E-state index is 0.0145. The average molecular weight is 436 g/mol. The van der Waals surface area contributed by atoms with Gasteiger partial charge in [0.05, 0.1) is 23.9 Å². The lowest BCUT2D eigenvalue weighted by atomic mass is 9.96. The molecule has 0 bridgehead atoms. The van der Waals surface area contributed by atoms with Gasteiger partial charge in [-0.15, -0.1) is 0 Å². The third kappa shape index (κ3) is 3.14. The van der Waals surface area contributed by atoms with Crippen molar-refractivity contribution in [1.82, 2.24) is 9.88 Å². The van der Waals surface area contributed by atoms with E-state index in [1.54, 1.807) is 0 Å². The number of nitrogens with one attached hydrogen (secondary N) is 2. The monoisotopic (exact) mass is 435 g/mol. The minimum Gasteiger partial charge on any atom is -0.384 e. The molecular weight excluding hydrogens is 409 g/mol. The summed E-state index contributed by atoms with van der Waals surface area (Å²) in [4.78, 5) is 9.20. The van der Waals surface area contributed by atoms with Crippen LogP contribution in [-0.4, -0.2) is 55.1 Å². The molecule has 2 aromatic rings. The second-order valence-electron chi connectivity index (χ2n) is 8.15. The van der Waals surface area contributed by atoms with Crippen molar-refractivity contribution in [3.05, 3.63) is 35.8 Å². The molecule has 8 nitrogen and oxygen atoms in total. The molecule has 3 heterocycles. The fourth-order valence-corrected chi connectivity index (χ4v) is 5.52. The van der Waals surface area contributed by atoms with E-state index in [2.05, 4.69) is 15.2 Å². The van der Waals surface area contributed by atoms with Crippen LogP contribution in [0, 0.1) is 5.82 Å². The summed E-state index contributed by atoms with van der Waals surface area (Å²) >= 11 is 0. The number of amidine groups is 1. The third-order valence-corrected chi connectivity index (χ3v) is 7.69. The number of sulfone groups is 1. The highest BCUT2D eigenvalue weighted by molar-refractivity contribution is 7.91. The summed E-state index contributed by atoms with van der Waals surface area (Å²) in [5.41, 5.74) is 6.50. The number of halogens is 1. The van der Waals surface area contributed by atoms with Gasteiger partial charge in [-0.3, -0.25) is 0 Å². The first-order valence-electron chi connectivity index (χ1n) is 9.80. The summed E-state index contributed by atoms with van der Waals surface area (Å²) in [5, 5.41) is 3.09. The van der Waals surface area contributed by atoms with Crippen molar-refractivity contribution < 1.29 is 17.5 Å². The summed E-state index contributed by atoms with van der Waals surface area (Å²) in [6.45, 7) is 8.99. The van der Waals surface area contributed by atoms with Gasteiger partial charge in [-0.2, -0.15) is 0 Å². The zero-order chi connectivity index (χ0) is 21.8. The largest absolute Gasteiger partial charge is 0.384 e. The van der Waals surface area contributed by atoms with Gasteiger partial charge in [-0.1, -0.05) is 12.1 Å². The van der Waals surface area contributed by atoms with E-state index in [0.717, 1.165) is 6.07 Å². The van der Waals surface area contributed by atoms with Gasteiger partial charge in [0.2, 0.25) is 9.84 Å². The molecule has 2 aliphatic rings. The van der Waals surface area contributed by atoms with Crippen molar-refractivity contribution >= 4 is 27.2 Å².